The Kier molecular flexibility index (Phi) is 8.58. The van der Waals surface area contributed by atoms with Gasteiger partial charge < -0.3 is 4.90 Å². The number of amides is 1. The third kappa shape index (κ3) is 6.14. The Morgan fingerprint density at radius 3 is 2.00 bits per heavy atom. The van der Waals surface area contributed by atoms with Crippen molar-refractivity contribution in [2.75, 3.05) is 30.5 Å². The molecule has 1 aliphatic heterocycles. The van der Waals surface area contributed by atoms with Crippen LogP contribution in [0.15, 0.2) is 107 Å². The molecule has 43 heavy (non-hydrogen) atoms. The Balaban J connectivity index is 1.35. The van der Waals surface area contributed by atoms with Gasteiger partial charge in [-0.05, 0) is 48.0 Å². The Bertz CT molecular complexity index is 1850. The summed E-state index contributed by atoms with van der Waals surface area (Å²) in [6.45, 7) is -0.595. The standard InChI is InChI=1S/C30H26F3N3O5S2/c31-26-14-15-27(29(33)28(26)32)43(40,41)35-18-16-34(17-19-35)30(37)23-10-7-13-25(20-23)42(38,39)36(24-11-5-2-6-12-24)21-22-8-3-1-4-9-22/h1-15,20H,16-19,21H2. The molecule has 0 unspecified atom stereocenters. The van der Waals surface area contributed by atoms with E-state index in [0.717, 1.165) is 9.87 Å². The summed E-state index contributed by atoms with van der Waals surface area (Å²) >= 11 is 0. The second-order valence-electron chi connectivity index (χ2n) is 9.73. The fourth-order valence-electron chi connectivity index (χ4n) is 4.74. The van der Waals surface area contributed by atoms with Crippen LogP contribution in [0.2, 0.25) is 0 Å². The number of para-hydroxylation sites is 1. The number of rotatable bonds is 8. The number of anilines is 1. The molecule has 0 saturated carbocycles. The number of carbonyl (C=O) groups excluding carboxylic acids is 1. The predicted molar refractivity (Wildman–Crippen MR) is 154 cm³/mol. The van der Waals surface area contributed by atoms with Gasteiger partial charge in [0.25, 0.3) is 15.9 Å². The predicted octanol–water partition coefficient (Wildman–Crippen LogP) is 4.65. The summed E-state index contributed by atoms with van der Waals surface area (Å²) in [5.74, 6) is -5.74. The van der Waals surface area contributed by atoms with Gasteiger partial charge in [-0.2, -0.15) is 4.31 Å². The monoisotopic (exact) mass is 629 g/mol. The highest BCUT2D eigenvalue weighted by molar-refractivity contribution is 7.92. The molecule has 1 amide bonds. The highest BCUT2D eigenvalue weighted by Gasteiger charge is 2.34. The molecule has 0 spiro atoms. The molecule has 8 nitrogen and oxygen atoms in total. The lowest BCUT2D eigenvalue weighted by Gasteiger charge is -2.34. The van der Waals surface area contributed by atoms with Crippen LogP contribution in [0.1, 0.15) is 15.9 Å². The Labute approximate surface area is 247 Å². The number of benzene rings is 4. The zero-order chi connectivity index (χ0) is 30.8. The van der Waals surface area contributed by atoms with E-state index in [2.05, 4.69) is 0 Å². The van der Waals surface area contributed by atoms with Gasteiger partial charge >= 0.3 is 0 Å². The summed E-state index contributed by atoms with van der Waals surface area (Å²) in [6, 6.07) is 24.4. The quantitative estimate of drug-likeness (QED) is 0.265. The van der Waals surface area contributed by atoms with Crippen LogP contribution in [-0.4, -0.2) is 58.1 Å². The average Bonchev–Trinajstić information content (AvgIpc) is 3.03. The summed E-state index contributed by atoms with van der Waals surface area (Å²) in [7, 11) is -8.63. The van der Waals surface area contributed by atoms with Crippen LogP contribution in [0.3, 0.4) is 0 Å². The van der Waals surface area contributed by atoms with E-state index in [1.807, 2.05) is 30.3 Å². The van der Waals surface area contributed by atoms with Crippen molar-refractivity contribution in [1.82, 2.24) is 9.21 Å². The molecular formula is C30H26F3N3O5S2. The minimum Gasteiger partial charge on any atom is -0.336 e. The van der Waals surface area contributed by atoms with Crippen LogP contribution >= 0.6 is 0 Å². The summed E-state index contributed by atoms with van der Waals surface area (Å²) in [5, 5.41) is 0. The number of piperazine rings is 1. The van der Waals surface area contributed by atoms with Gasteiger partial charge in [0.05, 0.1) is 17.1 Å². The summed E-state index contributed by atoms with van der Waals surface area (Å²) in [4.78, 5) is 13.6. The largest absolute Gasteiger partial charge is 0.336 e. The van der Waals surface area contributed by atoms with Crippen molar-refractivity contribution in [3.8, 4) is 0 Å². The van der Waals surface area contributed by atoms with E-state index >= 15 is 0 Å². The van der Waals surface area contributed by atoms with Crippen molar-refractivity contribution in [3.05, 3.63) is 126 Å². The van der Waals surface area contributed by atoms with Gasteiger partial charge in [-0.15, -0.1) is 0 Å². The average molecular weight is 630 g/mol. The molecule has 1 saturated heterocycles. The van der Waals surface area contributed by atoms with E-state index in [4.69, 9.17) is 0 Å². The molecule has 1 aliphatic rings. The maximum Gasteiger partial charge on any atom is 0.264 e. The SMILES string of the molecule is O=C(c1cccc(S(=O)(=O)N(Cc2ccccc2)c2ccccc2)c1)N1CCN(S(=O)(=O)c2ccc(F)c(F)c2F)CC1. The first-order valence-corrected chi connectivity index (χ1v) is 16.0. The Morgan fingerprint density at radius 1 is 0.721 bits per heavy atom. The van der Waals surface area contributed by atoms with Crippen LogP contribution in [0.5, 0.6) is 0 Å². The van der Waals surface area contributed by atoms with Crippen LogP contribution in [0.4, 0.5) is 18.9 Å². The topological polar surface area (TPSA) is 95.1 Å². The van der Waals surface area contributed by atoms with Crippen LogP contribution < -0.4 is 4.31 Å². The molecule has 1 fully saturated rings. The molecule has 0 aromatic heterocycles. The molecule has 0 bridgehead atoms. The number of nitrogens with zero attached hydrogens (tertiary/aromatic N) is 3. The van der Waals surface area contributed by atoms with Crippen molar-refractivity contribution in [2.24, 2.45) is 0 Å². The van der Waals surface area contributed by atoms with Gasteiger partial charge in [0.1, 0.15) is 4.90 Å². The summed E-state index contributed by atoms with van der Waals surface area (Å²) in [5.41, 5.74) is 1.29. The molecular weight excluding hydrogens is 603 g/mol. The molecule has 4 aromatic carbocycles. The summed E-state index contributed by atoms with van der Waals surface area (Å²) in [6.07, 6.45) is 0. The first kappa shape index (κ1) is 30.3. The first-order valence-electron chi connectivity index (χ1n) is 13.1. The lowest BCUT2D eigenvalue weighted by molar-refractivity contribution is 0.0697. The normalized spacial score (nSPS) is 14.4. The molecule has 0 aliphatic carbocycles. The molecule has 1 heterocycles. The van der Waals surface area contributed by atoms with E-state index < -0.39 is 48.3 Å². The van der Waals surface area contributed by atoms with Crippen molar-refractivity contribution in [3.63, 3.8) is 0 Å². The lowest BCUT2D eigenvalue weighted by Crippen LogP contribution is -2.50. The maximum atomic E-state index is 14.2. The number of halogens is 3. The van der Waals surface area contributed by atoms with Crippen molar-refractivity contribution >= 4 is 31.6 Å². The van der Waals surface area contributed by atoms with Gasteiger partial charge in [0.15, 0.2) is 17.5 Å². The van der Waals surface area contributed by atoms with Crippen LogP contribution in [0.25, 0.3) is 0 Å². The van der Waals surface area contributed by atoms with Gasteiger partial charge in [-0.25, -0.2) is 30.0 Å². The van der Waals surface area contributed by atoms with Gasteiger partial charge in [0, 0.05) is 31.7 Å². The first-order chi connectivity index (χ1) is 20.5. The smallest absolute Gasteiger partial charge is 0.264 e. The third-order valence-electron chi connectivity index (χ3n) is 7.03. The molecule has 0 N–H and O–H groups in total. The van der Waals surface area contributed by atoms with E-state index in [-0.39, 0.29) is 43.2 Å². The second-order valence-corrected chi connectivity index (χ2v) is 13.5. The molecule has 4 aromatic rings. The highest BCUT2D eigenvalue weighted by atomic mass is 32.2. The number of sulfonamides is 2. The van der Waals surface area contributed by atoms with Crippen molar-refractivity contribution < 1.29 is 34.8 Å². The van der Waals surface area contributed by atoms with Crippen molar-refractivity contribution in [1.29, 1.82) is 0 Å². The number of hydrogen-bond donors (Lipinski definition) is 0. The molecule has 0 atom stereocenters. The van der Waals surface area contributed by atoms with E-state index in [1.165, 1.54) is 33.5 Å². The fraction of sp³-hybridized carbons (Fsp3) is 0.167. The molecule has 0 radical (unpaired) electrons. The summed E-state index contributed by atoms with van der Waals surface area (Å²) < 4.78 is 97.0. The zero-order valence-corrected chi connectivity index (χ0v) is 24.2. The fourth-order valence-corrected chi connectivity index (χ4v) is 7.71. The minimum atomic E-state index is -4.50. The maximum absolute atomic E-state index is 14.2. The Morgan fingerprint density at radius 2 is 1.35 bits per heavy atom. The van der Waals surface area contributed by atoms with E-state index in [9.17, 15) is 34.8 Å². The third-order valence-corrected chi connectivity index (χ3v) is 10.7. The second kappa shape index (κ2) is 12.2. The van der Waals surface area contributed by atoms with Gasteiger partial charge in [0.2, 0.25) is 10.0 Å². The number of hydrogen-bond acceptors (Lipinski definition) is 5. The van der Waals surface area contributed by atoms with E-state index in [0.29, 0.717) is 17.8 Å². The lowest BCUT2D eigenvalue weighted by atomic mass is 10.2. The molecule has 5 rings (SSSR count). The molecule has 13 heteroatoms. The number of carbonyl (C=O) groups is 1. The van der Waals surface area contributed by atoms with Crippen LogP contribution in [0, 0.1) is 17.5 Å². The Hall–Kier alpha value is -4.20. The molecule has 224 valence electrons. The van der Waals surface area contributed by atoms with Gasteiger partial charge in [-0.1, -0.05) is 54.6 Å². The van der Waals surface area contributed by atoms with Gasteiger partial charge in [-0.3, -0.25) is 9.10 Å². The zero-order valence-electron chi connectivity index (χ0n) is 22.6. The van der Waals surface area contributed by atoms with Crippen molar-refractivity contribution in [2.45, 2.75) is 16.3 Å². The highest BCUT2D eigenvalue weighted by Crippen LogP contribution is 2.28. The van der Waals surface area contributed by atoms with Crippen LogP contribution in [-0.2, 0) is 26.6 Å². The minimum absolute atomic E-state index is 0.0559. The van der Waals surface area contributed by atoms with E-state index in [1.54, 1.807) is 30.3 Å².